The highest BCUT2D eigenvalue weighted by Gasteiger charge is 2.17. The highest BCUT2D eigenvalue weighted by atomic mass is 32.2. The summed E-state index contributed by atoms with van der Waals surface area (Å²) in [5, 5.41) is 19.6. The van der Waals surface area contributed by atoms with Crippen LogP contribution >= 0.6 is 11.8 Å². The highest BCUT2D eigenvalue weighted by molar-refractivity contribution is 8.13. The molecule has 0 aliphatic heterocycles. The van der Waals surface area contributed by atoms with E-state index in [1.54, 1.807) is 12.1 Å². The molecule has 0 N–H and O–H groups in total. The summed E-state index contributed by atoms with van der Waals surface area (Å²) in [6.45, 7) is 2.52. The topological polar surface area (TPSA) is 90.9 Å². The van der Waals surface area contributed by atoms with E-state index < -0.39 is 4.92 Å². The Morgan fingerprint density at radius 2 is 1.81 bits per heavy atom. The van der Waals surface area contributed by atoms with E-state index in [1.165, 1.54) is 12.1 Å². The van der Waals surface area contributed by atoms with Crippen LogP contribution in [0.2, 0.25) is 0 Å². The van der Waals surface area contributed by atoms with Gasteiger partial charge in [0, 0.05) is 30.7 Å². The molecule has 3 aromatic rings. The molecule has 0 amide bonds. The predicted molar refractivity (Wildman–Crippen MR) is 98.8 cm³/mol. The lowest BCUT2D eigenvalue weighted by molar-refractivity contribution is -0.384. The average Bonchev–Trinajstić information content (AvgIpc) is 3.05. The van der Waals surface area contributed by atoms with Crippen LogP contribution in [0.4, 0.5) is 5.69 Å². The van der Waals surface area contributed by atoms with Gasteiger partial charge in [-0.25, -0.2) is 0 Å². The molecule has 2 aromatic carbocycles. The molecule has 0 unspecified atom stereocenters. The molecular formula is C18H16N4O3S. The average molecular weight is 368 g/mol. The Labute approximate surface area is 154 Å². The first-order chi connectivity index (χ1) is 12.6. The summed E-state index contributed by atoms with van der Waals surface area (Å²) in [5.41, 5.74) is 1.68. The molecule has 3 rings (SSSR count). The van der Waals surface area contributed by atoms with Gasteiger partial charge < -0.3 is 4.57 Å². The second kappa shape index (κ2) is 7.92. The summed E-state index contributed by atoms with van der Waals surface area (Å²) >= 11 is 1.06. The van der Waals surface area contributed by atoms with Gasteiger partial charge in [0.1, 0.15) is 0 Å². The van der Waals surface area contributed by atoms with E-state index >= 15 is 0 Å². The molecule has 7 nitrogen and oxygen atoms in total. The van der Waals surface area contributed by atoms with Crippen molar-refractivity contribution in [3.63, 3.8) is 0 Å². The summed E-state index contributed by atoms with van der Waals surface area (Å²) in [6, 6.07) is 15.6. The smallest absolute Gasteiger partial charge is 0.269 e. The number of hydrogen-bond donors (Lipinski definition) is 0. The number of benzene rings is 2. The normalized spacial score (nSPS) is 10.7. The molecule has 0 aliphatic carbocycles. The molecule has 0 saturated carbocycles. The summed E-state index contributed by atoms with van der Waals surface area (Å²) in [4.78, 5) is 22.7. The van der Waals surface area contributed by atoms with Gasteiger partial charge in [-0.2, -0.15) is 0 Å². The molecule has 0 fully saturated rings. The molecule has 0 saturated heterocycles. The molecule has 0 radical (unpaired) electrons. The minimum atomic E-state index is -0.447. The van der Waals surface area contributed by atoms with Gasteiger partial charge in [0.05, 0.1) is 4.92 Å². The van der Waals surface area contributed by atoms with Crippen molar-refractivity contribution in [2.75, 3.05) is 0 Å². The van der Waals surface area contributed by atoms with Crippen molar-refractivity contribution in [1.82, 2.24) is 14.8 Å². The number of non-ortho nitro benzene ring substituents is 1. The Morgan fingerprint density at radius 3 is 2.42 bits per heavy atom. The third-order valence-corrected chi connectivity index (χ3v) is 4.62. The van der Waals surface area contributed by atoms with Crippen molar-refractivity contribution in [2.24, 2.45) is 0 Å². The van der Waals surface area contributed by atoms with Crippen LogP contribution in [0.3, 0.4) is 0 Å². The molecular weight excluding hydrogens is 352 g/mol. The zero-order valence-electron chi connectivity index (χ0n) is 14.0. The first-order valence-corrected chi connectivity index (χ1v) is 8.82. The number of aromatic nitrogens is 3. The summed E-state index contributed by atoms with van der Waals surface area (Å²) in [6.07, 6.45) is 0.314. The van der Waals surface area contributed by atoms with Gasteiger partial charge in [-0.15, -0.1) is 10.2 Å². The lowest BCUT2D eigenvalue weighted by atomic mass is 10.2. The number of nitro benzene ring substituents is 1. The Morgan fingerprint density at radius 1 is 1.12 bits per heavy atom. The van der Waals surface area contributed by atoms with E-state index in [-0.39, 0.29) is 10.8 Å². The number of thioether (sulfide) groups is 1. The Balaban J connectivity index is 1.79. The number of nitro groups is 1. The van der Waals surface area contributed by atoms with Crippen LogP contribution in [0.1, 0.15) is 12.5 Å². The van der Waals surface area contributed by atoms with Crippen molar-refractivity contribution >= 4 is 22.6 Å². The number of rotatable bonds is 6. The van der Waals surface area contributed by atoms with Crippen LogP contribution in [0.25, 0.3) is 11.4 Å². The van der Waals surface area contributed by atoms with Crippen molar-refractivity contribution in [3.8, 4) is 11.4 Å². The number of carbonyl (C=O) groups excluding carboxylic acids is 1. The van der Waals surface area contributed by atoms with Crippen LogP contribution in [0, 0.1) is 10.1 Å². The van der Waals surface area contributed by atoms with Crippen molar-refractivity contribution < 1.29 is 9.72 Å². The first-order valence-electron chi connectivity index (χ1n) is 8.01. The van der Waals surface area contributed by atoms with E-state index in [9.17, 15) is 14.9 Å². The Kier molecular flexibility index (Phi) is 5.43. The maximum absolute atomic E-state index is 12.3. The minimum absolute atomic E-state index is 0.0175. The van der Waals surface area contributed by atoms with Crippen LogP contribution in [0.15, 0.2) is 59.8 Å². The van der Waals surface area contributed by atoms with Crippen LogP contribution in [-0.4, -0.2) is 24.8 Å². The fourth-order valence-electron chi connectivity index (χ4n) is 2.50. The monoisotopic (exact) mass is 368 g/mol. The molecule has 0 aliphatic rings. The molecule has 132 valence electrons. The summed E-state index contributed by atoms with van der Waals surface area (Å²) < 4.78 is 1.83. The van der Waals surface area contributed by atoms with E-state index in [2.05, 4.69) is 10.2 Å². The van der Waals surface area contributed by atoms with Crippen molar-refractivity contribution in [2.45, 2.75) is 25.0 Å². The maximum Gasteiger partial charge on any atom is 0.269 e. The maximum atomic E-state index is 12.3. The zero-order valence-corrected chi connectivity index (χ0v) is 14.8. The van der Waals surface area contributed by atoms with Crippen molar-refractivity contribution in [3.05, 3.63) is 70.3 Å². The first kappa shape index (κ1) is 17.8. The quantitative estimate of drug-likeness (QED) is 0.374. The molecule has 0 bridgehead atoms. The summed E-state index contributed by atoms with van der Waals surface area (Å²) in [7, 11) is 0. The Hall–Kier alpha value is -3.00. The third kappa shape index (κ3) is 3.97. The van der Waals surface area contributed by atoms with Gasteiger partial charge in [0.25, 0.3) is 5.69 Å². The number of carbonyl (C=O) groups is 1. The van der Waals surface area contributed by atoms with Gasteiger partial charge in [0.2, 0.25) is 5.12 Å². The largest absolute Gasteiger partial charge is 0.302 e. The highest BCUT2D eigenvalue weighted by Crippen LogP contribution is 2.26. The minimum Gasteiger partial charge on any atom is -0.302 e. The van der Waals surface area contributed by atoms with Gasteiger partial charge in [-0.1, -0.05) is 30.3 Å². The molecule has 26 heavy (non-hydrogen) atoms. The van der Waals surface area contributed by atoms with E-state index in [4.69, 9.17) is 0 Å². The van der Waals surface area contributed by atoms with Crippen LogP contribution in [-0.2, 0) is 17.8 Å². The van der Waals surface area contributed by atoms with Gasteiger partial charge in [-0.3, -0.25) is 14.9 Å². The zero-order chi connectivity index (χ0) is 18.5. The molecule has 8 heteroatoms. The predicted octanol–water partition coefficient (Wildman–Crippen LogP) is 3.73. The fourth-order valence-corrected chi connectivity index (χ4v) is 3.35. The number of nitrogens with zero attached hydrogens (tertiary/aromatic N) is 4. The van der Waals surface area contributed by atoms with E-state index in [0.717, 1.165) is 17.3 Å². The molecule has 0 atom stereocenters. The van der Waals surface area contributed by atoms with Crippen LogP contribution in [0.5, 0.6) is 0 Å². The van der Waals surface area contributed by atoms with Crippen molar-refractivity contribution in [1.29, 1.82) is 0 Å². The SMILES string of the molecule is CCn1c(SC(=O)Cc2ccccc2)nnc1-c1ccc([N+](=O)[O-])cc1. The van der Waals surface area contributed by atoms with E-state index in [0.29, 0.717) is 29.5 Å². The Bertz CT molecular complexity index is 923. The molecule has 1 heterocycles. The fraction of sp³-hybridized carbons (Fsp3) is 0.167. The number of hydrogen-bond acceptors (Lipinski definition) is 6. The molecule has 0 spiro atoms. The molecule has 1 aromatic heterocycles. The third-order valence-electron chi connectivity index (χ3n) is 3.77. The van der Waals surface area contributed by atoms with Gasteiger partial charge in [-0.05, 0) is 36.4 Å². The second-order valence-corrected chi connectivity index (χ2v) is 6.52. The second-order valence-electron chi connectivity index (χ2n) is 5.49. The lowest BCUT2D eigenvalue weighted by Gasteiger charge is -2.07. The van der Waals surface area contributed by atoms with Gasteiger partial charge in [0.15, 0.2) is 11.0 Å². The van der Waals surface area contributed by atoms with Crippen LogP contribution < -0.4 is 0 Å². The lowest BCUT2D eigenvalue weighted by Crippen LogP contribution is -2.03. The van der Waals surface area contributed by atoms with Gasteiger partial charge >= 0.3 is 0 Å². The van der Waals surface area contributed by atoms with E-state index in [1.807, 2.05) is 41.8 Å². The standard InChI is InChI=1S/C18H16N4O3S/c1-2-21-17(14-8-10-15(11-9-14)22(24)25)19-20-18(21)26-16(23)12-13-6-4-3-5-7-13/h3-11H,2,12H2,1H3. The summed E-state index contributed by atoms with van der Waals surface area (Å²) in [5.74, 6) is 0.581.